The van der Waals surface area contributed by atoms with E-state index in [-0.39, 0.29) is 29.7 Å². The molecular formula is C27H23FN2O3S. The van der Waals surface area contributed by atoms with Gasteiger partial charge >= 0.3 is 0 Å². The molecule has 0 atom stereocenters. The first kappa shape index (κ1) is 23.4. The van der Waals surface area contributed by atoms with E-state index in [0.717, 1.165) is 22.3 Å². The van der Waals surface area contributed by atoms with Gasteiger partial charge in [-0.3, -0.25) is 4.79 Å². The topological polar surface area (TPSA) is 75.3 Å². The van der Waals surface area contributed by atoms with E-state index >= 15 is 0 Å². The molecule has 4 rings (SSSR count). The summed E-state index contributed by atoms with van der Waals surface area (Å²) in [6.07, 6.45) is 0. The van der Waals surface area contributed by atoms with Crippen LogP contribution in [0.5, 0.6) is 0 Å². The first-order chi connectivity index (χ1) is 16.4. The minimum absolute atomic E-state index is 0.167. The second kappa shape index (κ2) is 10.4. The predicted octanol–water partition coefficient (Wildman–Crippen LogP) is 4.90. The number of nitrogens with one attached hydrogen (secondary N) is 2. The molecule has 0 saturated heterocycles. The average Bonchev–Trinajstić information content (AvgIpc) is 2.88. The zero-order valence-corrected chi connectivity index (χ0v) is 19.1. The Morgan fingerprint density at radius 1 is 0.706 bits per heavy atom. The third kappa shape index (κ3) is 5.95. The highest BCUT2D eigenvalue weighted by atomic mass is 32.2. The molecule has 0 unspecified atom stereocenters. The molecule has 4 aromatic rings. The first-order valence-corrected chi connectivity index (χ1v) is 12.2. The van der Waals surface area contributed by atoms with E-state index in [4.69, 9.17) is 0 Å². The van der Waals surface area contributed by atoms with E-state index in [0.29, 0.717) is 5.56 Å². The quantitative estimate of drug-likeness (QED) is 0.381. The van der Waals surface area contributed by atoms with Gasteiger partial charge in [-0.25, -0.2) is 17.5 Å². The molecule has 0 aliphatic carbocycles. The maximum Gasteiger partial charge on any atom is 0.251 e. The van der Waals surface area contributed by atoms with Crippen molar-refractivity contribution in [1.29, 1.82) is 0 Å². The molecule has 0 aromatic heterocycles. The lowest BCUT2D eigenvalue weighted by atomic mass is 10.0. The summed E-state index contributed by atoms with van der Waals surface area (Å²) in [4.78, 5) is 12.7. The highest BCUT2D eigenvalue weighted by Gasteiger charge is 2.14. The maximum atomic E-state index is 13.0. The zero-order chi connectivity index (χ0) is 24.0. The lowest BCUT2D eigenvalue weighted by Gasteiger charge is -2.09. The molecule has 172 valence electrons. The van der Waals surface area contributed by atoms with Crippen LogP contribution in [0.25, 0.3) is 11.1 Å². The second-order valence-electron chi connectivity index (χ2n) is 7.72. The van der Waals surface area contributed by atoms with Gasteiger partial charge in [0.25, 0.3) is 5.91 Å². The fraction of sp³-hybridized carbons (Fsp3) is 0.0741. The monoisotopic (exact) mass is 474 g/mol. The molecule has 7 heteroatoms. The smallest absolute Gasteiger partial charge is 0.251 e. The van der Waals surface area contributed by atoms with E-state index in [1.165, 1.54) is 12.1 Å². The molecular weight excluding hydrogens is 451 g/mol. The third-order valence-corrected chi connectivity index (χ3v) is 6.72. The van der Waals surface area contributed by atoms with Gasteiger partial charge in [0.2, 0.25) is 10.0 Å². The van der Waals surface area contributed by atoms with Gasteiger partial charge in [0, 0.05) is 18.7 Å². The van der Waals surface area contributed by atoms with E-state index in [1.54, 1.807) is 54.6 Å². The molecule has 0 spiro atoms. The number of sulfonamides is 1. The van der Waals surface area contributed by atoms with E-state index in [2.05, 4.69) is 10.0 Å². The highest BCUT2D eigenvalue weighted by molar-refractivity contribution is 7.89. The largest absolute Gasteiger partial charge is 0.348 e. The van der Waals surface area contributed by atoms with Gasteiger partial charge in [-0.1, -0.05) is 66.7 Å². The number of carbonyl (C=O) groups excluding carboxylic acids is 1. The number of benzene rings is 4. The number of hydrogen-bond acceptors (Lipinski definition) is 3. The molecule has 0 fully saturated rings. The number of rotatable bonds is 8. The van der Waals surface area contributed by atoms with E-state index < -0.39 is 10.0 Å². The molecule has 0 heterocycles. The summed E-state index contributed by atoms with van der Waals surface area (Å²) in [6, 6.07) is 28.8. The Morgan fingerprint density at radius 2 is 1.38 bits per heavy atom. The maximum absolute atomic E-state index is 13.0. The van der Waals surface area contributed by atoms with Gasteiger partial charge < -0.3 is 5.32 Å². The summed E-state index contributed by atoms with van der Waals surface area (Å²) < 4.78 is 40.9. The van der Waals surface area contributed by atoms with Gasteiger partial charge in [-0.2, -0.15) is 0 Å². The molecule has 34 heavy (non-hydrogen) atoms. The van der Waals surface area contributed by atoms with Crippen molar-refractivity contribution < 1.29 is 17.6 Å². The highest BCUT2D eigenvalue weighted by Crippen LogP contribution is 2.23. The summed E-state index contributed by atoms with van der Waals surface area (Å²) in [7, 11) is -3.65. The molecule has 0 saturated carbocycles. The molecule has 1 amide bonds. The Balaban J connectivity index is 1.42. The van der Waals surface area contributed by atoms with Crippen molar-refractivity contribution in [1.82, 2.24) is 10.0 Å². The predicted molar refractivity (Wildman–Crippen MR) is 130 cm³/mol. The average molecular weight is 475 g/mol. The van der Waals surface area contributed by atoms with Crippen LogP contribution in [0.4, 0.5) is 4.39 Å². The molecule has 0 bridgehead atoms. The molecule has 2 N–H and O–H groups in total. The van der Waals surface area contributed by atoms with E-state index in [1.807, 2.05) is 36.4 Å². The van der Waals surface area contributed by atoms with Gasteiger partial charge in [0.05, 0.1) is 4.90 Å². The fourth-order valence-corrected chi connectivity index (χ4v) is 4.43. The van der Waals surface area contributed by atoms with Crippen LogP contribution in [0.15, 0.2) is 108 Å². The van der Waals surface area contributed by atoms with Crippen molar-refractivity contribution in [2.75, 3.05) is 0 Å². The number of amides is 1. The summed E-state index contributed by atoms with van der Waals surface area (Å²) in [5.41, 5.74) is 3.72. The minimum Gasteiger partial charge on any atom is -0.348 e. The van der Waals surface area contributed by atoms with Crippen LogP contribution >= 0.6 is 0 Å². The Labute approximate surface area is 198 Å². The zero-order valence-electron chi connectivity index (χ0n) is 18.2. The SMILES string of the molecule is O=C(NCc1ccc(F)cc1)c1cccc(-c2ccc(S(=O)(=O)NCc3ccccc3)cc2)c1. The number of hydrogen-bond donors (Lipinski definition) is 2. The Kier molecular flexibility index (Phi) is 7.15. The Bertz CT molecular complexity index is 1370. The van der Waals surface area contributed by atoms with Crippen LogP contribution in [-0.2, 0) is 23.1 Å². The van der Waals surface area contributed by atoms with Crippen LogP contribution in [0.1, 0.15) is 21.5 Å². The van der Waals surface area contributed by atoms with Crippen LogP contribution < -0.4 is 10.0 Å². The lowest BCUT2D eigenvalue weighted by Crippen LogP contribution is -2.23. The standard InChI is InChI=1S/C27H23FN2O3S/c28-25-13-9-21(10-14-25)18-29-27(31)24-8-4-7-23(17-24)22-11-15-26(16-12-22)34(32,33)30-19-20-5-2-1-3-6-20/h1-17,30H,18-19H2,(H,29,31). The van der Waals surface area contributed by atoms with Crippen LogP contribution in [0.2, 0.25) is 0 Å². The Morgan fingerprint density at radius 3 is 2.09 bits per heavy atom. The summed E-state index contributed by atoms with van der Waals surface area (Å²) in [6.45, 7) is 0.492. The van der Waals surface area contributed by atoms with Gasteiger partial charge in [-0.05, 0) is 58.7 Å². The van der Waals surface area contributed by atoms with Gasteiger partial charge in [0.1, 0.15) is 5.82 Å². The van der Waals surface area contributed by atoms with Crippen molar-refractivity contribution in [2.24, 2.45) is 0 Å². The van der Waals surface area contributed by atoms with Crippen molar-refractivity contribution in [3.63, 3.8) is 0 Å². The van der Waals surface area contributed by atoms with Crippen LogP contribution in [0.3, 0.4) is 0 Å². The van der Waals surface area contributed by atoms with Crippen LogP contribution in [0, 0.1) is 5.82 Å². The second-order valence-corrected chi connectivity index (χ2v) is 9.49. The normalized spacial score (nSPS) is 11.2. The van der Waals surface area contributed by atoms with Crippen molar-refractivity contribution >= 4 is 15.9 Å². The number of halogens is 1. The van der Waals surface area contributed by atoms with Gasteiger partial charge in [0.15, 0.2) is 0 Å². The van der Waals surface area contributed by atoms with Gasteiger partial charge in [-0.15, -0.1) is 0 Å². The minimum atomic E-state index is -3.65. The van der Waals surface area contributed by atoms with Crippen molar-refractivity contribution in [3.8, 4) is 11.1 Å². The van der Waals surface area contributed by atoms with Crippen LogP contribution in [-0.4, -0.2) is 14.3 Å². The fourth-order valence-electron chi connectivity index (χ4n) is 3.41. The van der Waals surface area contributed by atoms with Crippen molar-refractivity contribution in [3.05, 3.63) is 126 Å². The summed E-state index contributed by atoms with van der Waals surface area (Å²) in [5.74, 6) is -0.580. The summed E-state index contributed by atoms with van der Waals surface area (Å²) >= 11 is 0. The third-order valence-electron chi connectivity index (χ3n) is 5.30. The first-order valence-electron chi connectivity index (χ1n) is 10.7. The van der Waals surface area contributed by atoms with Crippen molar-refractivity contribution in [2.45, 2.75) is 18.0 Å². The molecule has 0 aliphatic rings. The summed E-state index contributed by atoms with van der Waals surface area (Å²) in [5, 5.41) is 2.82. The molecule has 0 aliphatic heterocycles. The van der Waals surface area contributed by atoms with E-state index in [9.17, 15) is 17.6 Å². The molecule has 4 aromatic carbocycles. The molecule has 5 nitrogen and oxygen atoms in total. The number of carbonyl (C=O) groups is 1. The lowest BCUT2D eigenvalue weighted by molar-refractivity contribution is 0.0951. The molecule has 0 radical (unpaired) electrons. The Hall–Kier alpha value is -3.81.